The van der Waals surface area contributed by atoms with E-state index < -0.39 is 0 Å². The monoisotopic (exact) mass is 196 g/mol. The molecule has 0 radical (unpaired) electrons. The molecule has 2 rings (SSSR count). The largest absolute Gasteiger partial charge is 0.315 e. The lowest BCUT2D eigenvalue weighted by molar-refractivity contribution is 0.251. The Kier molecular flexibility index (Phi) is 3.82. The smallest absolute Gasteiger partial charge is 0.0192 e. The van der Waals surface area contributed by atoms with Gasteiger partial charge in [-0.15, -0.1) is 0 Å². The molecule has 0 aromatic rings. The van der Waals surface area contributed by atoms with Gasteiger partial charge in [-0.3, -0.25) is 4.90 Å². The number of nitrogens with one attached hydrogen (secondary N) is 1. The third-order valence-electron chi connectivity index (χ3n) is 3.63. The molecule has 14 heavy (non-hydrogen) atoms. The molecule has 0 bridgehead atoms. The molecular formula is C12H24N2. The second kappa shape index (κ2) is 5.13. The molecule has 2 fully saturated rings. The van der Waals surface area contributed by atoms with Gasteiger partial charge in [-0.05, 0) is 51.7 Å². The first-order chi connectivity index (χ1) is 6.86. The van der Waals surface area contributed by atoms with Gasteiger partial charge in [0.05, 0.1) is 0 Å². The summed E-state index contributed by atoms with van der Waals surface area (Å²) in [6, 6.07) is 0.747. The summed E-state index contributed by atoms with van der Waals surface area (Å²) in [7, 11) is 0. The maximum Gasteiger partial charge on any atom is 0.0192 e. The van der Waals surface area contributed by atoms with Crippen molar-refractivity contribution < 1.29 is 0 Å². The van der Waals surface area contributed by atoms with Gasteiger partial charge in [0.15, 0.2) is 0 Å². The van der Waals surface area contributed by atoms with Gasteiger partial charge in [0.25, 0.3) is 0 Å². The zero-order valence-electron chi connectivity index (χ0n) is 9.47. The minimum Gasteiger partial charge on any atom is -0.315 e. The summed E-state index contributed by atoms with van der Waals surface area (Å²) in [5.74, 6) is 1.07. The fraction of sp³-hybridized carbons (Fsp3) is 1.00. The van der Waals surface area contributed by atoms with Crippen LogP contribution in [0.5, 0.6) is 0 Å². The Morgan fingerprint density at radius 1 is 1.29 bits per heavy atom. The van der Waals surface area contributed by atoms with Crippen molar-refractivity contribution in [3.05, 3.63) is 0 Å². The van der Waals surface area contributed by atoms with Crippen molar-refractivity contribution in [2.45, 2.75) is 45.1 Å². The minimum absolute atomic E-state index is 0.747. The van der Waals surface area contributed by atoms with Crippen LogP contribution in [0.25, 0.3) is 0 Å². The van der Waals surface area contributed by atoms with Gasteiger partial charge in [-0.2, -0.15) is 0 Å². The second-order valence-corrected chi connectivity index (χ2v) is 5.03. The number of hydrogen-bond donors (Lipinski definition) is 1. The Morgan fingerprint density at radius 3 is 2.64 bits per heavy atom. The molecule has 2 heteroatoms. The topological polar surface area (TPSA) is 15.3 Å². The molecular weight excluding hydrogens is 172 g/mol. The Bertz CT molecular complexity index is 160. The van der Waals surface area contributed by atoms with Crippen molar-refractivity contribution in [1.29, 1.82) is 0 Å². The van der Waals surface area contributed by atoms with E-state index in [1.54, 1.807) is 0 Å². The molecule has 1 unspecified atom stereocenters. The predicted octanol–water partition coefficient (Wildman–Crippen LogP) is 1.86. The molecule has 0 aromatic heterocycles. The summed E-state index contributed by atoms with van der Waals surface area (Å²) in [6.45, 7) is 7.43. The summed E-state index contributed by atoms with van der Waals surface area (Å²) in [5.41, 5.74) is 0. The van der Waals surface area contributed by atoms with Crippen LogP contribution in [-0.4, -0.2) is 37.1 Å². The van der Waals surface area contributed by atoms with Crippen LogP contribution in [0.1, 0.15) is 39.0 Å². The van der Waals surface area contributed by atoms with Crippen molar-refractivity contribution >= 4 is 0 Å². The van der Waals surface area contributed by atoms with Crippen molar-refractivity contribution in [2.75, 3.05) is 26.2 Å². The zero-order valence-corrected chi connectivity index (χ0v) is 9.47. The van der Waals surface area contributed by atoms with E-state index in [0.717, 1.165) is 12.0 Å². The molecule has 1 N–H and O–H groups in total. The summed E-state index contributed by atoms with van der Waals surface area (Å²) in [6.07, 6.45) is 7.21. The average molecular weight is 196 g/mol. The molecule has 1 heterocycles. The molecule has 0 aromatic carbocycles. The van der Waals surface area contributed by atoms with Gasteiger partial charge < -0.3 is 5.32 Å². The van der Waals surface area contributed by atoms with Gasteiger partial charge in [-0.25, -0.2) is 0 Å². The fourth-order valence-corrected chi connectivity index (χ4v) is 2.34. The molecule has 1 atom stereocenters. The van der Waals surface area contributed by atoms with Crippen molar-refractivity contribution in [2.24, 2.45) is 5.92 Å². The summed E-state index contributed by atoms with van der Waals surface area (Å²) in [5, 5.41) is 3.59. The molecule has 1 aliphatic carbocycles. The Morgan fingerprint density at radius 2 is 2.00 bits per heavy atom. The van der Waals surface area contributed by atoms with Crippen LogP contribution in [-0.2, 0) is 0 Å². The van der Waals surface area contributed by atoms with E-state index in [9.17, 15) is 0 Å². The highest BCUT2D eigenvalue weighted by molar-refractivity contribution is 4.76. The summed E-state index contributed by atoms with van der Waals surface area (Å²) < 4.78 is 0. The third kappa shape index (κ3) is 3.25. The van der Waals surface area contributed by atoms with Crippen LogP contribution >= 0.6 is 0 Å². The Balaban J connectivity index is 1.50. The van der Waals surface area contributed by atoms with E-state index in [0.29, 0.717) is 0 Å². The first-order valence-corrected chi connectivity index (χ1v) is 6.31. The maximum absolute atomic E-state index is 3.59. The van der Waals surface area contributed by atoms with Crippen LogP contribution in [0.4, 0.5) is 0 Å². The van der Waals surface area contributed by atoms with Crippen LogP contribution < -0.4 is 5.32 Å². The van der Waals surface area contributed by atoms with Crippen LogP contribution in [0.2, 0.25) is 0 Å². The Labute approximate surface area is 88.1 Å². The molecule has 82 valence electrons. The molecule has 0 amide bonds. The highest BCUT2D eigenvalue weighted by atomic mass is 15.2. The van der Waals surface area contributed by atoms with Crippen LogP contribution in [0, 0.1) is 5.92 Å². The molecule has 1 saturated heterocycles. The van der Waals surface area contributed by atoms with E-state index in [1.165, 1.54) is 58.3 Å². The summed E-state index contributed by atoms with van der Waals surface area (Å²) >= 11 is 0. The van der Waals surface area contributed by atoms with Gasteiger partial charge >= 0.3 is 0 Å². The van der Waals surface area contributed by atoms with E-state index in [1.807, 2.05) is 0 Å². The third-order valence-corrected chi connectivity index (χ3v) is 3.63. The maximum atomic E-state index is 3.59. The SMILES string of the molecule is CC(CNCCC1CC1)N1CCCC1. The fourth-order valence-electron chi connectivity index (χ4n) is 2.34. The molecule has 1 saturated carbocycles. The van der Waals surface area contributed by atoms with Gasteiger partial charge in [0.2, 0.25) is 0 Å². The van der Waals surface area contributed by atoms with E-state index in [2.05, 4.69) is 17.1 Å². The van der Waals surface area contributed by atoms with Crippen LogP contribution in [0.15, 0.2) is 0 Å². The second-order valence-electron chi connectivity index (χ2n) is 5.03. The van der Waals surface area contributed by atoms with Crippen molar-refractivity contribution in [1.82, 2.24) is 10.2 Å². The lowest BCUT2D eigenvalue weighted by Crippen LogP contribution is -2.38. The highest BCUT2D eigenvalue weighted by Gasteiger charge is 2.21. The molecule has 2 aliphatic rings. The lowest BCUT2D eigenvalue weighted by Gasteiger charge is -2.23. The van der Waals surface area contributed by atoms with E-state index in [-0.39, 0.29) is 0 Å². The van der Waals surface area contributed by atoms with Crippen molar-refractivity contribution in [3.8, 4) is 0 Å². The standard InChI is InChI=1S/C12H24N2/c1-11(14-8-2-3-9-14)10-13-7-6-12-4-5-12/h11-13H,2-10H2,1H3. The quantitative estimate of drug-likeness (QED) is 0.652. The highest BCUT2D eigenvalue weighted by Crippen LogP contribution is 2.31. The Hall–Kier alpha value is -0.0800. The summed E-state index contributed by atoms with van der Waals surface area (Å²) in [4.78, 5) is 2.62. The number of nitrogens with zero attached hydrogens (tertiary/aromatic N) is 1. The first kappa shape index (κ1) is 10.4. The zero-order chi connectivity index (χ0) is 9.80. The van der Waals surface area contributed by atoms with Crippen LogP contribution in [0.3, 0.4) is 0 Å². The molecule has 0 spiro atoms. The normalized spacial score (nSPS) is 25.5. The van der Waals surface area contributed by atoms with Gasteiger partial charge in [-0.1, -0.05) is 12.8 Å². The lowest BCUT2D eigenvalue weighted by atomic mass is 10.2. The van der Waals surface area contributed by atoms with Gasteiger partial charge in [0, 0.05) is 12.6 Å². The number of likely N-dealkylation sites (tertiary alicyclic amines) is 1. The van der Waals surface area contributed by atoms with Gasteiger partial charge in [0.1, 0.15) is 0 Å². The minimum atomic E-state index is 0.747. The first-order valence-electron chi connectivity index (χ1n) is 6.31. The average Bonchev–Trinajstić information content (AvgIpc) is 2.84. The number of hydrogen-bond acceptors (Lipinski definition) is 2. The van der Waals surface area contributed by atoms with Crippen molar-refractivity contribution in [3.63, 3.8) is 0 Å². The number of rotatable bonds is 6. The predicted molar refractivity (Wildman–Crippen MR) is 60.5 cm³/mol. The molecule has 2 nitrogen and oxygen atoms in total. The molecule has 1 aliphatic heterocycles. The van der Waals surface area contributed by atoms with E-state index >= 15 is 0 Å². The van der Waals surface area contributed by atoms with E-state index in [4.69, 9.17) is 0 Å².